The van der Waals surface area contributed by atoms with Crippen LogP contribution in [0.25, 0.3) is 0 Å². The number of nitro groups is 1. The summed E-state index contributed by atoms with van der Waals surface area (Å²) in [4.78, 5) is 20.9. The number of rotatable bonds is 5. The van der Waals surface area contributed by atoms with E-state index in [1.54, 1.807) is 0 Å². The normalized spacial score (nSPS) is 11.8. The average molecular weight is 209 g/mol. The molecule has 0 fully saturated rings. The molecule has 80 valence electrons. The van der Waals surface area contributed by atoms with Crippen molar-refractivity contribution in [3.8, 4) is 0 Å². The lowest BCUT2D eigenvalue weighted by Crippen LogP contribution is -2.05. The molecular formula is C10H11NO4. The highest BCUT2D eigenvalue weighted by Gasteiger charge is 2.11. The van der Waals surface area contributed by atoms with Gasteiger partial charge in [0.05, 0.1) is 17.6 Å². The Hall–Kier alpha value is -2.17. The van der Waals surface area contributed by atoms with E-state index in [2.05, 4.69) is 17.9 Å². The van der Waals surface area contributed by atoms with Crippen LogP contribution < -0.4 is 0 Å². The molecule has 0 aromatic carbocycles. The molecule has 0 spiro atoms. The lowest BCUT2D eigenvalue weighted by atomic mass is 10.2. The van der Waals surface area contributed by atoms with E-state index in [1.807, 2.05) is 0 Å². The van der Waals surface area contributed by atoms with Crippen molar-refractivity contribution < 1.29 is 14.5 Å². The molecule has 0 aliphatic carbocycles. The molecule has 0 saturated heterocycles. The smallest absolute Gasteiger partial charge is 0.338 e. The van der Waals surface area contributed by atoms with Gasteiger partial charge in [0.2, 0.25) is 0 Å². The monoisotopic (exact) mass is 209 g/mol. The van der Waals surface area contributed by atoms with Gasteiger partial charge in [-0.2, -0.15) is 0 Å². The van der Waals surface area contributed by atoms with Crippen molar-refractivity contribution in [2.75, 3.05) is 7.11 Å². The maximum Gasteiger partial charge on any atom is 0.338 e. The van der Waals surface area contributed by atoms with Crippen LogP contribution in [0.1, 0.15) is 0 Å². The summed E-state index contributed by atoms with van der Waals surface area (Å²) in [6.07, 6.45) is 4.69. The van der Waals surface area contributed by atoms with Gasteiger partial charge in [-0.3, -0.25) is 10.1 Å². The molecule has 0 rings (SSSR count). The maximum atomic E-state index is 11.1. The minimum atomic E-state index is -0.679. The molecular weight excluding hydrogens is 198 g/mol. The molecule has 0 atom stereocenters. The second-order valence-electron chi connectivity index (χ2n) is 2.38. The van der Waals surface area contributed by atoms with Gasteiger partial charge < -0.3 is 4.74 Å². The summed E-state index contributed by atoms with van der Waals surface area (Å²) in [5.74, 6) is -0.679. The van der Waals surface area contributed by atoms with Gasteiger partial charge in [-0.05, 0) is 0 Å². The standard InChI is InChI=1S/C10H11NO4/c1-4-6-9(11(13)14)7-8(5-2)10(12)15-3/h4-7H,1-2H2,3H3/b8-7+,9-6+. The van der Waals surface area contributed by atoms with Crippen LogP contribution in [0.3, 0.4) is 0 Å². The van der Waals surface area contributed by atoms with Gasteiger partial charge in [0.25, 0.3) is 5.70 Å². The second kappa shape index (κ2) is 6.31. The predicted octanol–water partition coefficient (Wildman–Crippen LogP) is 1.62. The van der Waals surface area contributed by atoms with Gasteiger partial charge in [0.15, 0.2) is 0 Å². The van der Waals surface area contributed by atoms with E-state index in [4.69, 9.17) is 0 Å². The molecule has 0 bridgehead atoms. The quantitative estimate of drug-likeness (QED) is 0.227. The predicted molar refractivity (Wildman–Crippen MR) is 55.6 cm³/mol. The number of carbonyl (C=O) groups is 1. The lowest BCUT2D eigenvalue weighted by molar-refractivity contribution is -0.419. The molecule has 0 aromatic heterocycles. The van der Waals surface area contributed by atoms with E-state index < -0.39 is 10.9 Å². The lowest BCUT2D eigenvalue weighted by Gasteiger charge is -1.97. The molecule has 0 unspecified atom stereocenters. The Morgan fingerprint density at radius 1 is 1.47 bits per heavy atom. The zero-order valence-corrected chi connectivity index (χ0v) is 8.30. The first-order chi connectivity index (χ1) is 7.06. The topological polar surface area (TPSA) is 69.4 Å². The number of hydrogen-bond donors (Lipinski definition) is 0. The number of ether oxygens (including phenoxy) is 1. The van der Waals surface area contributed by atoms with Crippen LogP contribution >= 0.6 is 0 Å². The van der Waals surface area contributed by atoms with Gasteiger partial charge in [-0.1, -0.05) is 25.3 Å². The number of esters is 1. The highest BCUT2D eigenvalue weighted by molar-refractivity contribution is 5.91. The van der Waals surface area contributed by atoms with Crippen molar-refractivity contribution in [1.82, 2.24) is 0 Å². The number of nitrogens with zero attached hydrogens (tertiary/aromatic N) is 1. The molecule has 5 nitrogen and oxygen atoms in total. The van der Waals surface area contributed by atoms with Crippen molar-refractivity contribution >= 4 is 5.97 Å². The number of methoxy groups -OCH3 is 1. The Labute approximate surface area is 87.2 Å². The molecule has 0 N–H and O–H groups in total. The third kappa shape index (κ3) is 4.04. The van der Waals surface area contributed by atoms with Crippen LogP contribution in [0, 0.1) is 10.1 Å². The number of allylic oxidation sites excluding steroid dienone is 3. The fourth-order valence-corrected chi connectivity index (χ4v) is 0.761. The molecule has 0 amide bonds. The summed E-state index contributed by atoms with van der Waals surface area (Å²) in [6, 6.07) is 0. The van der Waals surface area contributed by atoms with Crippen LogP contribution in [0.15, 0.2) is 48.7 Å². The van der Waals surface area contributed by atoms with Gasteiger partial charge in [0, 0.05) is 12.2 Å². The molecule has 5 heteroatoms. The zero-order valence-electron chi connectivity index (χ0n) is 8.30. The maximum absolute atomic E-state index is 11.1. The summed E-state index contributed by atoms with van der Waals surface area (Å²) >= 11 is 0. The van der Waals surface area contributed by atoms with Crippen molar-refractivity contribution in [2.45, 2.75) is 0 Å². The van der Waals surface area contributed by atoms with Crippen LogP contribution in [0.2, 0.25) is 0 Å². The highest BCUT2D eigenvalue weighted by Crippen LogP contribution is 2.06. The van der Waals surface area contributed by atoms with Gasteiger partial charge in [0.1, 0.15) is 0 Å². The fraction of sp³-hybridized carbons (Fsp3) is 0.100. The Kier molecular flexibility index (Phi) is 5.40. The Morgan fingerprint density at radius 3 is 2.40 bits per heavy atom. The molecule has 0 aliphatic heterocycles. The molecule has 0 heterocycles. The van der Waals surface area contributed by atoms with E-state index in [1.165, 1.54) is 25.3 Å². The summed E-state index contributed by atoms with van der Waals surface area (Å²) in [5.41, 5.74) is -0.243. The van der Waals surface area contributed by atoms with Crippen molar-refractivity contribution in [1.29, 1.82) is 0 Å². The van der Waals surface area contributed by atoms with Crippen LogP contribution in [0.5, 0.6) is 0 Å². The largest absolute Gasteiger partial charge is 0.465 e. The first-order valence-electron chi connectivity index (χ1n) is 3.96. The van der Waals surface area contributed by atoms with Crippen LogP contribution in [-0.2, 0) is 9.53 Å². The Balaban J connectivity index is 5.19. The van der Waals surface area contributed by atoms with Crippen molar-refractivity contribution in [2.24, 2.45) is 0 Å². The number of hydrogen-bond acceptors (Lipinski definition) is 4. The Bertz CT molecular complexity index is 352. The Morgan fingerprint density at radius 2 is 2.07 bits per heavy atom. The van der Waals surface area contributed by atoms with Crippen LogP contribution in [-0.4, -0.2) is 18.0 Å². The van der Waals surface area contributed by atoms with Crippen LogP contribution in [0.4, 0.5) is 0 Å². The average Bonchev–Trinajstić information content (AvgIpc) is 2.22. The van der Waals surface area contributed by atoms with E-state index >= 15 is 0 Å². The second-order valence-corrected chi connectivity index (χ2v) is 2.38. The minimum absolute atomic E-state index is 0.0160. The van der Waals surface area contributed by atoms with Gasteiger partial charge in [-0.25, -0.2) is 4.79 Å². The van der Waals surface area contributed by atoms with Crippen molar-refractivity contribution in [3.63, 3.8) is 0 Å². The van der Waals surface area contributed by atoms with E-state index in [-0.39, 0.29) is 11.3 Å². The summed E-state index contributed by atoms with van der Waals surface area (Å²) in [6.45, 7) is 6.69. The minimum Gasteiger partial charge on any atom is -0.465 e. The summed E-state index contributed by atoms with van der Waals surface area (Å²) in [7, 11) is 1.18. The SMILES string of the molecule is C=C/C=C(\C=C(/C=C)C(=O)OC)[N+](=O)[O-]. The third-order valence-electron chi connectivity index (χ3n) is 1.44. The van der Waals surface area contributed by atoms with E-state index in [0.717, 1.165) is 6.08 Å². The first kappa shape index (κ1) is 12.8. The van der Waals surface area contributed by atoms with Crippen molar-refractivity contribution in [3.05, 3.63) is 58.8 Å². The molecule has 15 heavy (non-hydrogen) atoms. The molecule has 0 saturated carbocycles. The van der Waals surface area contributed by atoms with Gasteiger partial charge >= 0.3 is 5.97 Å². The highest BCUT2D eigenvalue weighted by atomic mass is 16.6. The third-order valence-corrected chi connectivity index (χ3v) is 1.44. The van der Waals surface area contributed by atoms with E-state index in [0.29, 0.717) is 0 Å². The van der Waals surface area contributed by atoms with E-state index in [9.17, 15) is 14.9 Å². The molecule has 0 aromatic rings. The molecule has 0 radical (unpaired) electrons. The summed E-state index contributed by atoms with van der Waals surface area (Å²) < 4.78 is 4.41. The summed E-state index contributed by atoms with van der Waals surface area (Å²) in [5, 5.41) is 10.5. The first-order valence-corrected chi connectivity index (χ1v) is 3.96. The zero-order chi connectivity index (χ0) is 11.8. The number of carbonyl (C=O) groups excluding carboxylic acids is 1. The van der Waals surface area contributed by atoms with Gasteiger partial charge in [-0.15, -0.1) is 0 Å². The fourth-order valence-electron chi connectivity index (χ4n) is 0.761. The molecule has 0 aliphatic rings.